The summed E-state index contributed by atoms with van der Waals surface area (Å²) >= 11 is 5.41. The molecule has 0 amide bonds. The first-order chi connectivity index (χ1) is 9.14. The van der Waals surface area contributed by atoms with E-state index in [-0.39, 0.29) is 11.3 Å². The van der Waals surface area contributed by atoms with Crippen LogP contribution in [0.25, 0.3) is 0 Å². The molecule has 0 aliphatic heterocycles. The predicted molar refractivity (Wildman–Crippen MR) is 56.8 cm³/mol. The number of carbonyl (C=O) groups is 1. The molecule has 20 heavy (non-hydrogen) atoms. The van der Waals surface area contributed by atoms with Gasteiger partial charge in [-0.1, -0.05) is 0 Å². The summed E-state index contributed by atoms with van der Waals surface area (Å²) in [6.45, 7) is 0. The highest BCUT2D eigenvalue weighted by Crippen LogP contribution is 2.33. The Kier molecular flexibility index (Phi) is 5.09. The molecule has 10 heteroatoms. The molecule has 0 bridgehead atoms. The number of hydrogen-bond donors (Lipinski definition) is 1. The molecule has 4 nitrogen and oxygen atoms in total. The summed E-state index contributed by atoms with van der Waals surface area (Å²) in [7, 11) is 0. The second-order valence-electron chi connectivity index (χ2n) is 3.53. The molecule has 112 valence electrons. The van der Waals surface area contributed by atoms with Crippen LogP contribution in [-0.2, 0) is 17.1 Å². The van der Waals surface area contributed by atoms with E-state index in [1.165, 1.54) is 0 Å². The van der Waals surface area contributed by atoms with Gasteiger partial charge in [-0.3, -0.25) is 4.79 Å². The molecule has 1 heterocycles. The summed E-state index contributed by atoms with van der Waals surface area (Å²) in [5.41, 5.74) is -1.71. The van der Waals surface area contributed by atoms with Gasteiger partial charge in [-0.2, -0.15) is 0 Å². The van der Waals surface area contributed by atoms with E-state index in [0.717, 1.165) is 0 Å². The Bertz CT molecular complexity index is 506. The Morgan fingerprint density at radius 2 is 2.05 bits per heavy atom. The molecular formula is C10H7ClF5NO3. The van der Waals surface area contributed by atoms with E-state index in [1.807, 2.05) is 0 Å². The van der Waals surface area contributed by atoms with Gasteiger partial charge in [0, 0.05) is 0 Å². The van der Waals surface area contributed by atoms with Crippen LogP contribution in [0.4, 0.5) is 22.0 Å². The summed E-state index contributed by atoms with van der Waals surface area (Å²) in [6.07, 6.45) is -9.24. The zero-order chi connectivity index (χ0) is 15.5. The maximum atomic E-state index is 12.6. The zero-order valence-electron chi connectivity index (χ0n) is 9.55. The average molecular weight is 320 g/mol. The molecule has 0 saturated heterocycles. The summed E-state index contributed by atoms with van der Waals surface area (Å²) in [5, 5.41) is 8.61. The van der Waals surface area contributed by atoms with Crippen molar-refractivity contribution < 1.29 is 36.6 Å². The first-order valence-electron chi connectivity index (χ1n) is 4.98. The Morgan fingerprint density at radius 1 is 1.45 bits per heavy atom. The predicted octanol–water partition coefficient (Wildman–Crippen LogP) is 3.28. The van der Waals surface area contributed by atoms with Gasteiger partial charge in [-0.25, -0.2) is 13.8 Å². The van der Waals surface area contributed by atoms with E-state index in [2.05, 4.69) is 9.72 Å². The van der Waals surface area contributed by atoms with Gasteiger partial charge in [0.15, 0.2) is 5.75 Å². The zero-order valence-corrected chi connectivity index (χ0v) is 10.3. The van der Waals surface area contributed by atoms with E-state index < -0.39 is 42.5 Å². The average Bonchev–Trinajstić information content (AvgIpc) is 2.25. The molecule has 0 spiro atoms. The number of ether oxygens (including phenoxy) is 1. The van der Waals surface area contributed by atoms with Crippen LogP contribution < -0.4 is 4.74 Å². The van der Waals surface area contributed by atoms with Crippen molar-refractivity contribution in [3.8, 4) is 5.75 Å². The lowest BCUT2D eigenvalue weighted by molar-refractivity contribution is -0.275. The highest BCUT2D eigenvalue weighted by Gasteiger charge is 2.34. The number of halogens is 6. The lowest BCUT2D eigenvalue weighted by Gasteiger charge is -2.15. The number of hydrogen-bond acceptors (Lipinski definition) is 3. The van der Waals surface area contributed by atoms with Gasteiger partial charge >= 0.3 is 12.3 Å². The van der Waals surface area contributed by atoms with E-state index in [0.29, 0.717) is 6.07 Å². The quantitative estimate of drug-likeness (QED) is 0.668. The topological polar surface area (TPSA) is 59.4 Å². The normalized spacial score (nSPS) is 11.8. The minimum absolute atomic E-state index is 0.226. The second-order valence-corrected chi connectivity index (χ2v) is 3.80. The van der Waals surface area contributed by atoms with Gasteiger partial charge in [0.05, 0.1) is 18.0 Å². The van der Waals surface area contributed by atoms with Crippen LogP contribution in [0.5, 0.6) is 5.75 Å². The third kappa shape index (κ3) is 4.48. The van der Waals surface area contributed by atoms with Gasteiger partial charge < -0.3 is 9.84 Å². The molecular weight excluding hydrogens is 313 g/mol. The van der Waals surface area contributed by atoms with Gasteiger partial charge in [-0.05, 0) is 11.6 Å². The van der Waals surface area contributed by atoms with Gasteiger partial charge in [-0.15, -0.1) is 24.8 Å². The van der Waals surface area contributed by atoms with Crippen molar-refractivity contribution in [2.75, 3.05) is 0 Å². The van der Waals surface area contributed by atoms with Crippen LogP contribution in [0.1, 0.15) is 23.4 Å². The third-order valence-corrected chi connectivity index (χ3v) is 2.34. The van der Waals surface area contributed by atoms with Crippen molar-refractivity contribution >= 4 is 17.6 Å². The van der Waals surface area contributed by atoms with Crippen molar-refractivity contribution in [1.29, 1.82) is 0 Å². The number of carboxylic acid groups (broad SMARTS) is 1. The summed E-state index contributed by atoms with van der Waals surface area (Å²) in [5.74, 6) is -3.03. The molecule has 0 fully saturated rings. The maximum Gasteiger partial charge on any atom is 0.573 e. The van der Waals surface area contributed by atoms with Gasteiger partial charge in [0.1, 0.15) is 5.69 Å². The van der Waals surface area contributed by atoms with E-state index in [4.69, 9.17) is 16.7 Å². The number of carboxylic acids is 1. The standard InChI is InChI=1S/C10H7ClF5NO3/c11-3-5-4(2-7(18)19)1-6(20-10(14,15)16)8(17-5)9(12)13/h1,9H,2-3H2,(H,18,19). The summed E-state index contributed by atoms with van der Waals surface area (Å²) in [4.78, 5) is 13.8. The minimum Gasteiger partial charge on any atom is -0.481 e. The van der Waals surface area contributed by atoms with Crippen molar-refractivity contribution in [3.05, 3.63) is 23.0 Å². The Morgan fingerprint density at radius 3 is 2.45 bits per heavy atom. The van der Waals surface area contributed by atoms with Crippen molar-refractivity contribution in [2.45, 2.75) is 25.1 Å². The van der Waals surface area contributed by atoms with Crippen molar-refractivity contribution in [3.63, 3.8) is 0 Å². The number of aromatic nitrogens is 1. The highest BCUT2D eigenvalue weighted by molar-refractivity contribution is 6.17. The molecule has 0 aliphatic rings. The first-order valence-corrected chi connectivity index (χ1v) is 5.52. The fraction of sp³-hybridized carbons (Fsp3) is 0.400. The number of nitrogens with zero attached hydrogens (tertiary/aromatic N) is 1. The number of pyridine rings is 1. The molecule has 0 unspecified atom stereocenters. The lowest BCUT2D eigenvalue weighted by Crippen LogP contribution is -2.19. The molecule has 1 aromatic heterocycles. The van der Waals surface area contributed by atoms with E-state index in [1.54, 1.807) is 0 Å². The number of rotatable bonds is 5. The Balaban J connectivity index is 3.34. The Hall–Kier alpha value is -1.64. The minimum atomic E-state index is -5.20. The van der Waals surface area contributed by atoms with Crippen LogP contribution >= 0.6 is 11.6 Å². The molecule has 1 aromatic rings. The molecule has 0 atom stereocenters. The van der Waals surface area contributed by atoms with E-state index >= 15 is 0 Å². The first kappa shape index (κ1) is 16.4. The van der Waals surface area contributed by atoms with Crippen molar-refractivity contribution in [1.82, 2.24) is 4.98 Å². The van der Waals surface area contributed by atoms with Crippen LogP contribution in [0.15, 0.2) is 6.07 Å². The van der Waals surface area contributed by atoms with Gasteiger partial charge in [0.25, 0.3) is 6.43 Å². The molecule has 0 aromatic carbocycles. The summed E-state index contributed by atoms with van der Waals surface area (Å²) < 4.78 is 65.1. The SMILES string of the molecule is O=C(O)Cc1cc(OC(F)(F)F)c(C(F)F)nc1CCl. The molecule has 0 saturated carbocycles. The molecule has 1 N–H and O–H groups in total. The lowest BCUT2D eigenvalue weighted by atomic mass is 10.1. The van der Waals surface area contributed by atoms with Crippen LogP contribution in [0.2, 0.25) is 0 Å². The van der Waals surface area contributed by atoms with Crippen LogP contribution in [-0.4, -0.2) is 22.4 Å². The van der Waals surface area contributed by atoms with Crippen LogP contribution in [0.3, 0.4) is 0 Å². The monoisotopic (exact) mass is 319 g/mol. The maximum absolute atomic E-state index is 12.6. The summed E-state index contributed by atoms with van der Waals surface area (Å²) in [6, 6.07) is 0.563. The van der Waals surface area contributed by atoms with Crippen molar-refractivity contribution in [2.24, 2.45) is 0 Å². The fourth-order valence-corrected chi connectivity index (χ4v) is 1.61. The fourth-order valence-electron chi connectivity index (χ4n) is 1.38. The van der Waals surface area contributed by atoms with Crippen LogP contribution in [0, 0.1) is 0 Å². The second kappa shape index (κ2) is 6.21. The largest absolute Gasteiger partial charge is 0.573 e. The molecule has 1 rings (SSSR count). The number of alkyl halides is 6. The third-order valence-electron chi connectivity index (χ3n) is 2.08. The molecule has 0 aliphatic carbocycles. The van der Waals surface area contributed by atoms with Gasteiger partial charge in [0.2, 0.25) is 0 Å². The smallest absolute Gasteiger partial charge is 0.481 e. The number of aliphatic carboxylic acids is 1. The highest BCUT2D eigenvalue weighted by atomic mass is 35.5. The van der Waals surface area contributed by atoms with E-state index in [9.17, 15) is 26.7 Å². The molecule has 0 radical (unpaired) electrons. The Labute approximate surface area is 114 Å².